The van der Waals surface area contributed by atoms with Gasteiger partial charge >= 0.3 is 0 Å². The van der Waals surface area contributed by atoms with Gasteiger partial charge in [0.25, 0.3) is 0 Å². The van der Waals surface area contributed by atoms with Crippen LogP contribution in [0.15, 0.2) is 35.5 Å². The summed E-state index contributed by atoms with van der Waals surface area (Å²) in [5.41, 5.74) is 2.54. The van der Waals surface area contributed by atoms with Crippen LogP contribution < -0.4 is 0 Å². The van der Waals surface area contributed by atoms with Gasteiger partial charge in [-0.1, -0.05) is 37.1 Å². The maximum absolute atomic E-state index is 12.4. The van der Waals surface area contributed by atoms with Crippen molar-refractivity contribution in [1.29, 1.82) is 0 Å². The second-order valence-corrected chi connectivity index (χ2v) is 9.04. The van der Waals surface area contributed by atoms with Gasteiger partial charge in [-0.25, -0.2) is 0 Å². The van der Waals surface area contributed by atoms with Gasteiger partial charge in [-0.05, 0) is 67.9 Å². The third-order valence-corrected chi connectivity index (χ3v) is 7.79. The molecule has 0 aromatic carbocycles. The zero-order valence-electron chi connectivity index (χ0n) is 15.4. The standard InChI is InChI=1S/C22H28O3/c1-13-10-18-16-5-4-14-11-15(24)6-8-21(14,2)17(16)7-9-22(18,3)20(13)19(25)12-23/h6-8,11,13,16,18,20,23H,4-5,9-10,12H2,1-3H3/t13-,16?,18?,20?,21+,22+/m1/s1. The molecule has 2 saturated carbocycles. The minimum Gasteiger partial charge on any atom is -0.389 e. The third kappa shape index (κ3) is 2.21. The van der Waals surface area contributed by atoms with E-state index in [2.05, 4.69) is 32.9 Å². The van der Waals surface area contributed by atoms with E-state index >= 15 is 0 Å². The second-order valence-electron chi connectivity index (χ2n) is 9.04. The molecule has 0 aromatic heterocycles. The van der Waals surface area contributed by atoms with Crippen molar-refractivity contribution in [2.75, 3.05) is 6.61 Å². The number of carbonyl (C=O) groups excluding carboxylic acids is 2. The van der Waals surface area contributed by atoms with Crippen molar-refractivity contribution in [3.8, 4) is 0 Å². The maximum atomic E-state index is 12.4. The summed E-state index contributed by atoms with van der Waals surface area (Å²) in [4.78, 5) is 24.2. The molecule has 0 aliphatic heterocycles. The Labute approximate surface area is 149 Å². The molecule has 1 N–H and O–H groups in total. The molecule has 2 fully saturated rings. The first-order chi connectivity index (χ1) is 11.8. The van der Waals surface area contributed by atoms with E-state index < -0.39 is 0 Å². The number of hydrogen-bond donors (Lipinski definition) is 1. The van der Waals surface area contributed by atoms with E-state index in [0.717, 1.165) is 25.7 Å². The molecule has 0 aromatic rings. The van der Waals surface area contributed by atoms with Crippen LogP contribution in [0, 0.1) is 34.5 Å². The molecule has 0 amide bonds. The summed E-state index contributed by atoms with van der Waals surface area (Å²) in [5.74, 6) is 1.39. The molecule has 0 bridgehead atoms. The first-order valence-electron chi connectivity index (χ1n) is 9.59. The zero-order chi connectivity index (χ0) is 18.0. The molecule has 4 aliphatic carbocycles. The second kappa shape index (κ2) is 5.51. The summed E-state index contributed by atoms with van der Waals surface area (Å²) in [5, 5.41) is 9.46. The summed E-state index contributed by atoms with van der Waals surface area (Å²) in [6.45, 7) is 6.35. The van der Waals surface area contributed by atoms with Gasteiger partial charge < -0.3 is 5.11 Å². The van der Waals surface area contributed by atoms with Crippen LogP contribution >= 0.6 is 0 Å². The van der Waals surface area contributed by atoms with Gasteiger partial charge in [-0.2, -0.15) is 0 Å². The Hall–Kier alpha value is -1.48. The number of aliphatic hydroxyl groups excluding tert-OH is 1. The van der Waals surface area contributed by atoms with Crippen molar-refractivity contribution < 1.29 is 14.7 Å². The highest BCUT2D eigenvalue weighted by atomic mass is 16.3. The lowest BCUT2D eigenvalue weighted by Gasteiger charge is -2.52. The summed E-state index contributed by atoms with van der Waals surface area (Å²) < 4.78 is 0. The van der Waals surface area contributed by atoms with Gasteiger partial charge in [0.15, 0.2) is 11.6 Å². The highest BCUT2D eigenvalue weighted by molar-refractivity contribution is 6.01. The fraction of sp³-hybridized carbons (Fsp3) is 0.636. The summed E-state index contributed by atoms with van der Waals surface area (Å²) in [6.07, 6.45) is 12.0. The van der Waals surface area contributed by atoms with Gasteiger partial charge in [-0.15, -0.1) is 0 Å². The Kier molecular flexibility index (Phi) is 3.74. The monoisotopic (exact) mass is 340 g/mol. The van der Waals surface area contributed by atoms with Crippen LogP contribution in [0.25, 0.3) is 0 Å². The van der Waals surface area contributed by atoms with E-state index in [-0.39, 0.29) is 34.9 Å². The summed E-state index contributed by atoms with van der Waals surface area (Å²) in [6, 6.07) is 0. The molecule has 134 valence electrons. The largest absolute Gasteiger partial charge is 0.389 e. The number of Topliss-reactive ketones (excluding diaryl/α,β-unsaturated/α-hetero) is 1. The fourth-order valence-corrected chi connectivity index (χ4v) is 6.67. The van der Waals surface area contributed by atoms with Gasteiger partial charge in [0.1, 0.15) is 6.61 Å². The Morgan fingerprint density at radius 3 is 2.84 bits per heavy atom. The van der Waals surface area contributed by atoms with E-state index in [4.69, 9.17) is 0 Å². The van der Waals surface area contributed by atoms with Crippen LogP contribution in [-0.4, -0.2) is 23.3 Å². The van der Waals surface area contributed by atoms with Crippen molar-refractivity contribution in [1.82, 2.24) is 0 Å². The number of fused-ring (bicyclic) bond motifs is 5. The van der Waals surface area contributed by atoms with E-state index in [9.17, 15) is 14.7 Å². The topological polar surface area (TPSA) is 54.4 Å². The SMILES string of the molecule is C[C@@H]1CC2C3CCC4=CC(=O)C=C[C@]4(C)C3=CC[C@]2(C)C1C(=O)CO. The lowest BCUT2D eigenvalue weighted by Crippen LogP contribution is -2.45. The highest BCUT2D eigenvalue weighted by Crippen LogP contribution is 2.65. The van der Waals surface area contributed by atoms with E-state index in [1.165, 1.54) is 11.1 Å². The molecule has 3 heteroatoms. The quantitative estimate of drug-likeness (QED) is 0.781. The Balaban J connectivity index is 1.75. The van der Waals surface area contributed by atoms with E-state index in [0.29, 0.717) is 17.8 Å². The molecule has 3 nitrogen and oxygen atoms in total. The van der Waals surface area contributed by atoms with Crippen LogP contribution in [0.5, 0.6) is 0 Å². The summed E-state index contributed by atoms with van der Waals surface area (Å²) >= 11 is 0. The minimum absolute atomic E-state index is 0.0140. The van der Waals surface area contributed by atoms with E-state index in [1.807, 2.05) is 6.08 Å². The normalized spacial score (nSPS) is 45.2. The average Bonchev–Trinajstić information content (AvgIpc) is 2.85. The van der Waals surface area contributed by atoms with Gasteiger partial charge in [0, 0.05) is 11.3 Å². The van der Waals surface area contributed by atoms with Gasteiger partial charge in [0.2, 0.25) is 0 Å². The smallest absolute Gasteiger partial charge is 0.178 e. The number of carbonyl (C=O) groups is 2. The molecule has 0 saturated heterocycles. The number of rotatable bonds is 2. The molecule has 3 unspecified atom stereocenters. The molecule has 25 heavy (non-hydrogen) atoms. The van der Waals surface area contributed by atoms with Crippen molar-refractivity contribution >= 4 is 11.6 Å². The van der Waals surface area contributed by atoms with Crippen molar-refractivity contribution in [2.24, 2.45) is 34.5 Å². The number of allylic oxidation sites excluding steroid dienone is 6. The number of hydrogen-bond acceptors (Lipinski definition) is 3. The van der Waals surface area contributed by atoms with Crippen LogP contribution in [0.4, 0.5) is 0 Å². The van der Waals surface area contributed by atoms with Crippen molar-refractivity contribution in [2.45, 2.75) is 46.5 Å². The summed E-state index contributed by atoms with van der Waals surface area (Å²) in [7, 11) is 0. The predicted octanol–water partition coefficient (Wildman–Crippen LogP) is 3.64. The zero-order valence-corrected chi connectivity index (χ0v) is 15.4. The first-order valence-corrected chi connectivity index (χ1v) is 9.59. The van der Waals surface area contributed by atoms with Crippen LogP contribution in [0.3, 0.4) is 0 Å². The molecule has 0 spiro atoms. The number of ketones is 2. The van der Waals surface area contributed by atoms with Crippen LogP contribution in [-0.2, 0) is 9.59 Å². The fourth-order valence-electron chi connectivity index (χ4n) is 6.67. The van der Waals surface area contributed by atoms with Gasteiger partial charge in [-0.3, -0.25) is 9.59 Å². The lowest BCUT2D eigenvalue weighted by molar-refractivity contribution is -0.131. The molecular formula is C22H28O3. The average molecular weight is 340 g/mol. The Bertz CT molecular complexity index is 728. The molecule has 4 rings (SSSR count). The van der Waals surface area contributed by atoms with Crippen LogP contribution in [0.2, 0.25) is 0 Å². The van der Waals surface area contributed by atoms with Crippen molar-refractivity contribution in [3.05, 3.63) is 35.5 Å². The number of aliphatic hydroxyl groups is 1. The van der Waals surface area contributed by atoms with E-state index in [1.54, 1.807) is 6.08 Å². The predicted molar refractivity (Wildman–Crippen MR) is 96.7 cm³/mol. The Morgan fingerprint density at radius 1 is 1.36 bits per heavy atom. The Morgan fingerprint density at radius 2 is 2.12 bits per heavy atom. The maximum Gasteiger partial charge on any atom is 0.178 e. The molecular weight excluding hydrogens is 312 g/mol. The molecule has 4 aliphatic rings. The molecule has 6 atom stereocenters. The van der Waals surface area contributed by atoms with Gasteiger partial charge in [0.05, 0.1) is 0 Å². The molecule has 0 heterocycles. The van der Waals surface area contributed by atoms with Crippen molar-refractivity contribution in [3.63, 3.8) is 0 Å². The third-order valence-electron chi connectivity index (χ3n) is 7.79. The minimum atomic E-state index is -0.339. The lowest BCUT2D eigenvalue weighted by atomic mass is 9.52. The molecule has 0 radical (unpaired) electrons. The first kappa shape index (κ1) is 17.0. The van der Waals surface area contributed by atoms with Crippen LogP contribution in [0.1, 0.15) is 46.5 Å². The highest BCUT2D eigenvalue weighted by Gasteiger charge is 2.59.